The molecule has 2 nitrogen and oxygen atoms in total. The van der Waals surface area contributed by atoms with E-state index in [2.05, 4.69) is 40.1 Å². The number of halogens is 1. The zero-order valence-electron chi connectivity index (χ0n) is 17.5. The molecule has 3 heteroatoms. The van der Waals surface area contributed by atoms with Gasteiger partial charge in [0.25, 0.3) is 0 Å². The smallest absolute Gasteiger partial charge is 0.0283 e. The molecule has 0 amide bonds. The molecule has 4 fully saturated rings. The van der Waals surface area contributed by atoms with Crippen molar-refractivity contribution in [1.29, 1.82) is 0 Å². The zero-order chi connectivity index (χ0) is 18.1. The number of hydrogen-bond acceptors (Lipinski definition) is 2. The molecule has 28 heavy (non-hydrogen) atoms. The first kappa shape index (κ1) is 20.7. The Morgan fingerprint density at radius 2 is 1.43 bits per heavy atom. The van der Waals surface area contributed by atoms with Crippen LogP contribution in [-0.4, -0.2) is 47.6 Å². The predicted molar refractivity (Wildman–Crippen MR) is 120 cm³/mol. The second-order valence-corrected chi connectivity index (χ2v) is 9.79. The van der Waals surface area contributed by atoms with Gasteiger partial charge in [-0.1, -0.05) is 49.6 Å². The number of fused-ring (bicyclic) bond motifs is 1. The van der Waals surface area contributed by atoms with E-state index in [1.165, 1.54) is 90.3 Å². The number of rotatable bonds is 3. The van der Waals surface area contributed by atoms with Crippen LogP contribution in [0.2, 0.25) is 0 Å². The molecule has 0 radical (unpaired) electrons. The van der Waals surface area contributed by atoms with E-state index < -0.39 is 0 Å². The van der Waals surface area contributed by atoms with Gasteiger partial charge in [0.1, 0.15) is 0 Å². The van der Waals surface area contributed by atoms with Gasteiger partial charge in [0.15, 0.2) is 0 Å². The van der Waals surface area contributed by atoms with Crippen LogP contribution in [0.25, 0.3) is 0 Å². The van der Waals surface area contributed by atoms with Crippen LogP contribution in [0.3, 0.4) is 0 Å². The summed E-state index contributed by atoms with van der Waals surface area (Å²) < 4.78 is 0. The van der Waals surface area contributed by atoms with Crippen LogP contribution in [0, 0.1) is 5.92 Å². The van der Waals surface area contributed by atoms with E-state index in [0.29, 0.717) is 0 Å². The van der Waals surface area contributed by atoms with Crippen molar-refractivity contribution in [2.45, 2.75) is 94.7 Å². The van der Waals surface area contributed by atoms with Crippen molar-refractivity contribution < 1.29 is 0 Å². The SMILES string of the molecule is Cl.c1ccc(C2CCC(N3CCN4CCCC4C3C3CCCCC3)CC2)cc1. The molecule has 2 aliphatic carbocycles. The summed E-state index contributed by atoms with van der Waals surface area (Å²) in [7, 11) is 0. The minimum atomic E-state index is 0. The summed E-state index contributed by atoms with van der Waals surface area (Å²) >= 11 is 0. The molecule has 2 aliphatic heterocycles. The van der Waals surface area contributed by atoms with Crippen molar-refractivity contribution in [3.05, 3.63) is 35.9 Å². The van der Waals surface area contributed by atoms with E-state index >= 15 is 0 Å². The maximum Gasteiger partial charge on any atom is 0.0283 e. The fourth-order valence-electron chi connectivity index (χ4n) is 7.08. The van der Waals surface area contributed by atoms with Crippen LogP contribution >= 0.6 is 12.4 Å². The number of benzene rings is 1. The summed E-state index contributed by atoms with van der Waals surface area (Å²) in [5, 5.41) is 0. The Morgan fingerprint density at radius 1 is 0.679 bits per heavy atom. The van der Waals surface area contributed by atoms with E-state index in [4.69, 9.17) is 0 Å². The highest BCUT2D eigenvalue weighted by Crippen LogP contribution is 2.42. The molecule has 0 spiro atoms. The lowest BCUT2D eigenvalue weighted by molar-refractivity contribution is -0.0336. The Labute approximate surface area is 178 Å². The summed E-state index contributed by atoms with van der Waals surface area (Å²) in [6.45, 7) is 4.06. The Balaban J connectivity index is 0.00000192. The Morgan fingerprint density at radius 3 is 2.18 bits per heavy atom. The van der Waals surface area contributed by atoms with Crippen molar-refractivity contribution in [2.75, 3.05) is 19.6 Å². The normalized spacial score (nSPS) is 35.3. The van der Waals surface area contributed by atoms with Gasteiger partial charge in [-0.2, -0.15) is 0 Å². The third-order valence-electron chi connectivity index (χ3n) is 8.41. The van der Waals surface area contributed by atoms with Gasteiger partial charge < -0.3 is 0 Å². The van der Waals surface area contributed by atoms with Crippen LogP contribution in [0.1, 0.15) is 82.1 Å². The average Bonchev–Trinajstić information content (AvgIpc) is 3.23. The molecule has 5 rings (SSSR count). The van der Waals surface area contributed by atoms with Crippen LogP contribution in [0.4, 0.5) is 0 Å². The lowest BCUT2D eigenvalue weighted by Crippen LogP contribution is -2.63. The lowest BCUT2D eigenvalue weighted by atomic mass is 9.76. The molecule has 1 aromatic rings. The first-order valence-electron chi connectivity index (χ1n) is 11.9. The molecule has 4 aliphatic rings. The molecular weight excluding hydrogens is 364 g/mol. The second kappa shape index (κ2) is 9.49. The van der Waals surface area contributed by atoms with Crippen LogP contribution < -0.4 is 0 Å². The number of piperazine rings is 1. The highest BCUT2D eigenvalue weighted by atomic mass is 35.5. The van der Waals surface area contributed by atoms with Gasteiger partial charge in [-0.05, 0) is 75.3 Å². The molecule has 2 heterocycles. The van der Waals surface area contributed by atoms with Gasteiger partial charge >= 0.3 is 0 Å². The molecule has 2 saturated carbocycles. The average molecular weight is 403 g/mol. The molecule has 0 bridgehead atoms. The van der Waals surface area contributed by atoms with Crippen molar-refractivity contribution in [2.24, 2.45) is 5.92 Å². The van der Waals surface area contributed by atoms with E-state index in [-0.39, 0.29) is 12.4 Å². The molecular formula is C25H39ClN2. The fourth-order valence-corrected chi connectivity index (χ4v) is 7.08. The van der Waals surface area contributed by atoms with E-state index in [9.17, 15) is 0 Å². The highest BCUT2D eigenvalue weighted by Gasteiger charge is 2.45. The van der Waals surface area contributed by atoms with Gasteiger partial charge in [-0.3, -0.25) is 9.80 Å². The Kier molecular flexibility index (Phi) is 7.02. The fraction of sp³-hybridized carbons (Fsp3) is 0.760. The summed E-state index contributed by atoms with van der Waals surface area (Å²) in [5.41, 5.74) is 1.58. The van der Waals surface area contributed by atoms with E-state index in [1.54, 1.807) is 5.56 Å². The standard InChI is InChI=1S/C25H38N2.ClH/c1-3-8-20(9-4-1)21-13-15-23(16-14-21)27-19-18-26-17-7-12-24(26)25(27)22-10-5-2-6-11-22;/h1,3-4,8-9,21-25H,2,5-7,10-19H2;1H. The molecule has 2 unspecified atom stereocenters. The topological polar surface area (TPSA) is 6.48 Å². The van der Waals surface area contributed by atoms with Gasteiger partial charge in [0.05, 0.1) is 0 Å². The first-order valence-corrected chi connectivity index (χ1v) is 11.9. The summed E-state index contributed by atoms with van der Waals surface area (Å²) in [6.07, 6.45) is 16.0. The lowest BCUT2D eigenvalue weighted by Gasteiger charge is -2.53. The van der Waals surface area contributed by atoms with Crippen LogP contribution in [0.5, 0.6) is 0 Å². The maximum absolute atomic E-state index is 3.06. The molecule has 156 valence electrons. The second-order valence-electron chi connectivity index (χ2n) is 9.79. The van der Waals surface area contributed by atoms with Crippen molar-refractivity contribution >= 4 is 12.4 Å². The van der Waals surface area contributed by atoms with Gasteiger partial charge in [0.2, 0.25) is 0 Å². The zero-order valence-corrected chi connectivity index (χ0v) is 18.3. The third-order valence-corrected chi connectivity index (χ3v) is 8.41. The van der Waals surface area contributed by atoms with E-state index in [1.807, 2.05) is 0 Å². The minimum absolute atomic E-state index is 0. The van der Waals surface area contributed by atoms with Gasteiger partial charge in [-0.15, -0.1) is 12.4 Å². The first-order chi connectivity index (χ1) is 13.4. The monoisotopic (exact) mass is 402 g/mol. The predicted octanol–water partition coefficient (Wildman–Crippen LogP) is 5.86. The quantitative estimate of drug-likeness (QED) is 0.624. The number of nitrogens with zero attached hydrogens (tertiary/aromatic N) is 2. The highest BCUT2D eigenvalue weighted by molar-refractivity contribution is 5.85. The molecule has 0 aromatic heterocycles. The third kappa shape index (κ3) is 4.16. The van der Waals surface area contributed by atoms with Gasteiger partial charge in [-0.25, -0.2) is 0 Å². The molecule has 2 saturated heterocycles. The van der Waals surface area contributed by atoms with E-state index in [0.717, 1.165) is 30.0 Å². The van der Waals surface area contributed by atoms with Gasteiger partial charge in [0, 0.05) is 31.2 Å². The van der Waals surface area contributed by atoms with Crippen molar-refractivity contribution in [3.8, 4) is 0 Å². The summed E-state index contributed by atoms with van der Waals surface area (Å²) in [6, 6.07) is 13.9. The molecule has 1 aromatic carbocycles. The Bertz CT molecular complexity index is 592. The largest absolute Gasteiger partial charge is 0.298 e. The molecule has 2 atom stereocenters. The Hall–Kier alpha value is -0.570. The van der Waals surface area contributed by atoms with Crippen molar-refractivity contribution in [3.63, 3.8) is 0 Å². The van der Waals surface area contributed by atoms with Crippen molar-refractivity contribution in [1.82, 2.24) is 9.80 Å². The minimum Gasteiger partial charge on any atom is -0.298 e. The van der Waals surface area contributed by atoms with Crippen LogP contribution in [-0.2, 0) is 0 Å². The number of hydrogen-bond donors (Lipinski definition) is 0. The summed E-state index contributed by atoms with van der Waals surface area (Å²) in [5.74, 6) is 1.79. The maximum atomic E-state index is 3.06. The van der Waals surface area contributed by atoms with Crippen LogP contribution in [0.15, 0.2) is 30.3 Å². The molecule has 0 N–H and O–H groups in total. The summed E-state index contributed by atoms with van der Waals surface area (Å²) in [4.78, 5) is 5.93.